The highest BCUT2D eigenvalue weighted by atomic mass is 16.4. The van der Waals surface area contributed by atoms with E-state index in [1.807, 2.05) is 0 Å². The lowest BCUT2D eigenvalue weighted by Gasteiger charge is -2.28. The van der Waals surface area contributed by atoms with Crippen LogP contribution in [0.1, 0.15) is 58.3 Å². The van der Waals surface area contributed by atoms with Gasteiger partial charge in [-0.3, -0.25) is 4.79 Å². The number of carboxylic acids is 1. The summed E-state index contributed by atoms with van der Waals surface area (Å²) in [5.41, 5.74) is -0.762. The molecule has 2 rings (SSSR count). The molecule has 2 aliphatic rings. The van der Waals surface area contributed by atoms with Crippen molar-refractivity contribution in [1.29, 1.82) is 0 Å². The van der Waals surface area contributed by atoms with Gasteiger partial charge in [-0.15, -0.1) is 0 Å². The Balaban J connectivity index is 1.82. The number of carbonyl (C=O) groups is 2. The van der Waals surface area contributed by atoms with Crippen LogP contribution in [0.15, 0.2) is 0 Å². The van der Waals surface area contributed by atoms with Gasteiger partial charge in [0.1, 0.15) is 0 Å². The fourth-order valence-corrected chi connectivity index (χ4v) is 3.22. The lowest BCUT2D eigenvalue weighted by Crippen LogP contribution is -2.46. The van der Waals surface area contributed by atoms with Crippen LogP contribution in [-0.2, 0) is 4.79 Å². The van der Waals surface area contributed by atoms with Gasteiger partial charge in [0.15, 0.2) is 0 Å². The Morgan fingerprint density at radius 1 is 1.20 bits per heavy atom. The van der Waals surface area contributed by atoms with Crippen LogP contribution < -0.4 is 10.6 Å². The smallest absolute Gasteiger partial charge is 0.315 e. The third kappa shape index (κ3) is 3.64. The molecule has 0 bridgehead atoms. The quantitative estimate of drug-likeness (QED) is 0.678. The molecule has 0 aliphatic heterocycles. The summed E-state index contributed by atoms with van der Waals surface area (Å²) >= 11 is 0. The Kier molecular flexibility index (Phi) is 4.89. The van der Waals surface area contributed by atoms with E-state index in [0.717, 1.165) is 38.5 Å². The molecular formula is C15H26N2O3. The van der Waals surface area contributed by atoms with Crippen molar-refractivity contribution >= 4 is 12.0 Å². The maximum absolute atomic E-state index is 11.8. The number of urea groups is 1. The summed E-state index contributed by atoms with van der Waals surface area (Å²) in [6, 6.07) is 0.0748. The summed E-state index contributed by atoms with van der Waals surface area (Å²) in [5.74, 6) is -0.162. The number of rotatable bonds is 5. The molecule has 0 heterocycles. The number of hydrogen-bond acceptors (Lipinski definition) is 2. The van der Waals surface area contributed by atoms with Crippen LogP contribution in [-0.4, -0.2) is 29.7 Å². The van der Waals surface area contributed by atoms with E-state index in [0.29, 0.717) is 18.8 Å². The number of amides is 2. The summed E-state index contributed by atoms with van der Waals surface area (Å²) < 4.78 is 0. The third-order valence-corrected chi connectivity index (χ3v) is 4.87. The molecule has 5 heteroatoms. The first-order valence-electron chi connectivity index (χ1n) is 7.85. The average molecular weight is 282 g/mol. The zero-order chi connectivity index (χ0) is 14.6. The van der Waals surface area contributed by atoms with E-state index < -0.39 is 11.4 Å². The number of aliphatic carboxylic acids is 1. The van der Waals surface area contributed by atoms with Crippen LogP contribution in [0, 0.1) is 11.3 Å². The van der Waals surface area contributed by atoms with Gasteiger partial charge in [-0.2, -0.15) is 0 Å². The number of carbonyl (C=O) groups excluding carboxylic acids is 1. The van der Waals surface area contributed by atoms with Gasteiger partial charge >= 0.3 is 12.0 Å². The Hall–Kier alpha value is -1.26. The summed E-state index contributed by atoms with van der Waals surface area (Å²) in [6.07, 6.45) is 7.56. The van der Waals surface area contributed by atoms with Crippen molar-refractivity contribution in [3.63, 3.8) is 0 Å². The van der Waals surface area contributed by atoms with Gasteiger partial charge < -0.3 is 15.7 Å². The average Bonchev–Trinajstić information content (AvgIpc) is 3.19. The van der Waals surface area contributed by atoms with E-state index in [2.05, 4.69) is 17.6 Å². The molecule has 0 spiro atoms. The van der Waals surface area contributed by atoms with E-state index >= 15 is 0 Å². The van der Waals surface area contributed by atoms with Crippen molar-refractivity contribution < 1.29 is 14.7 Å². The first-order chi connectivity index (χ1) is 9.57. The summed E-state index contributed by atoms with van der Waals surface area (Å²) in [4.78, 5) is 23.4. The minimum atomic E-state index is -0.766. The van der Waals surface area contributed by atoms with Crippen LogP contribution >= 0.6 is 0 Å². The second-order valence-corrected chi connectivity index (χ2v) is 6.34. The van der Waals surface area contributed by atoms with Crippen LogP contribution in [0.4, 0.5) is 4.79 Å². The summed E-state index contributed by atoms with van der Waals surface area (Å²) in [5, 5.41) is 15.2. The number of hydrogen-bond donors (Lipinski definition) is 3. The van der Waals surface area contributed by atoms with E-state index in [1.54, 1.807) is 0 Å². The standard InChI is InChI=1S/C15H26N2O3/c1-2-11-9-12(11)17-14(20)16-10-15(13(18)19)7-5-3-4-6-8-15/h11-12H,2-10H2,1H3,(H,18,19)(H2,16,17,20). The third-order valence-electron chi connectivity index (χ3n) is 4.87. The van der Waals surface area contributed by atoms with E-state index in [9.17, 15) is 14.7 Å². The molecule has 20 heavy (non-hydrogen) atoms. The van der Waals surface area contributed by atoms with Crippen LogP contribution in [0.25, 0.3) is 0 Å². The Morgan fingerprint density at radius 3 is 2.35 bits per heavy atom. The van der Waals surface area contributed by atoms with Gasteiger partial charge in [-0.25, -0.2) is 4.79 Å². The Bertz CT molecular complexity index is 362. The molecule has 2 amide bonds. The second kappa shape index (κ2) is 6.46. The second-order valence-electron chi connectivity index (χ2n) is 6.34. The zero-order valence-electron chi connectivity index (χ0n) is 12.3. The molecule has 2 atom stereocenters. The zero-order valence-corrected chi connectivity index (χ0v) is 12.3. The monoisotopic (exact) mass is 282 g/mol. The predicted octanol–water partition coefficient (Wildman–Crippen LogP) is 2.51. The van der Waals surface area contributed by atoms with Crippen LogP contribution in [0.5, 0.6) is 0 Å². The van der Waals surface area contributed by atoms with Gasteiger partial charge in [-0.05, 0) is 25.2 Å². The summed E-state index contributed by atoms with van der Waals surface area (Å²) in [7, 11) is 0. The highest BCUT2D eigenvalue weighted by Crippen LogP contribution is 2.35. The molecule has 2 unspecified atom stereocenters. The lowest BCUT2D eigenvalue weighted by molar-refractivity contribution is -0.149. The lowest BCUT2D eigenvalue weighted by atomic mass is 9.80. The predicted molar refractivity (Wildman–Crippen MR) is 76.5 cm³/mol. The van der Waals surface area contributed by atoms with Crippen molar-refractivity contribution in [3.05, 3.63) is 0 Å². The maximum atomic E-state index is 11.8. The maximum Gasteiger partial charge on any atom is 0.315 e. The SMILES string of the molecule is CCC1CC1NC(=O)NCC1(C(=O)O)CCCCCC1. The molecule has 0 aromatic rings. The Labute approximate surface area is 120 Å². The van der Waals surface area contributed by atoms with E-state index in [4.69, 9.17) is 0 Å². The molecule has 0 aromatic carbocycles. The molecule has 0 radical (unpaired) electrons. The van der Waals surface area contributed by atoms with Crippen molar-refractivity contribution in [2.45, 2.75) is 64.3 Å². The first kappa shape index (κ1) is 15.1. The van der Waals surface area contributed by atoms with Gasteiger partial charge in [0.2, 0.25) is 0 Å². The minimum Gasteiger partial charge on any atom is -0.481 e. The van der Waals surface area contributed by atoms with Gasteiger partial charge in [0.25, 0.3) is 0 Å². The topological polar surface area (TPSA) is 78.4 Å². The highest BCUT2D eigenvalue weighted by molar-refractivity contribution is 5.78. The molecule has 114 valence electrons. The number of nitrogens with one attached hydrogen (secondary N) is 2. The van der Waals surface area contributed by atoms with Crippen molar-refractivity contribution in [1.82, 2.24) is 10.6 Å². The van der Waals surface area contributed by atoms with E-state index in [1.165, 1.54) is 0 Å². The molecule has 2 aliphatic carbocycles. The van der Waals surface area contributed by atoms with Crippen LogP contribution in [0.2, 0.25) is 0 Å². The highest BCUT2D eigenvalue weighted by Gasteiger charge is 2.40. The van der Waals surface area contributed by atoms with Gasteiger partial charge in [0, 0.05) is 12.6 Å². The van der Waals surface area contributed by atoms with E-state index in [-0.39, 0.29) is 18.6 Å². The molecule has 5 nitrogen and oxygen atoms in total. The fourth-order valence-electron chi connectivity index (χ4n) is 3.22. The largest absolute Gasteiger partial charge is 0.481 e. The first-order valence-corrected chi connectivity index (χ1v) is 7.85. The van der Waals surface area contributed by atoms with Crippen molar-refractivity contribution in [2.24, 2.45) is 11.3 Å². The minimum absolute atomic E-state index is 0.212. The molecule has 2 saturated carbocycles. The fraction of sp³-hybridized carbons (Fsp3) is 0.867. The summed E-state index contributed by atoms with van der Waals surface area (Å²) in [6.45, 7) is 2.37. The van der Waals surface area contributed by atoms with Gasteiger partial charge in [-0.1, -0.05) is 39.0 Å². The normalized spacial score (nSPS) is 28.2. The number of carboxylic acid groups (broad SMARTS) is 1. The molecular weight excluding hydrogens is 256 g/mol. The molecule has 2 fully saturated rings. The molecule has 3 N–H and O–H groups in total. The van der Waals surface area contributed by atoms with Gasteiger partial charge in [0.05, 0.1) is 5.41 Å². The van der Waals surface area contributed by atoms with Crippen molar-refractivity contribution in [2.75, 3.05) is 6.54 Å². The van der Waals surface area contributed by atoms with Crippen molar-refractivity contribution in [3.8, 4) is 0 Å². The molecule has 0 saturated heterocycles. The molecule has 0 aromatic heterocycles. The van der Waals surface area contributed by atoms with Crippen LogP contribution in [0.3, 0.4) is 0 Å². The Morgan fingerprint density at radius 2 is 1.85 bits per heavy atom.